The summed E-state index contributed by atoms with van der Waals surface area (Å²) in [5, 5.41) is 8.12. The van der Waals surface area contributed by atoms with Gasteiger partial charge in [-0.3, -0.25) is 0 Å². The fourth-order valence-electron chi connectivity index (χ4n) is 1.74. The van der Waals surface area contributed by atoms with Crippen molar-refractivity contribution in [3.05, 3.63) is 47.7 Å². The Kier molecular flexibility index (Phi) is 4.21. The lowest BCUT2D eigenvalue weighted by Crippen LogP contribution is -2.14. The molecule has 0 spiro atoms. The van der Waals surface area contributed by atoms with Crippen molar-refractivity contribution in [3.8, 4) is 0 Å². The highest BCUT2D eigenvalue weighted by Gasteiger charge is 2.11. The normalized spacial score (nSPS) is 11.1. The first kappa shape index (κ1) is 15.4. The van der Waals surface area contributed by atoms with Gasteiger partial charge < -0.3 is 11.1 Å². The third-order valence-corrected chi connectivity index (χ3v) is 3.86. The fourth-order valence-corrected chi connectivity index (χ4v) is 2.46. The van der Waals surface area contributed by atoms with Gasteiger partial charge in [0, 0.05) is 11.4 Å². The van der Waals surface area contributed by atoms with Crippen molar-refractivity contribution in [3.63, 3.8) is 0 Å². The monoisotopic (exact) mass is 322 g/mol. The predicted octanol–water partition coefficient (Wildman–Crippen LogP) is 1.42. The molecule has 110 valence electrons. The zero-order valence-corrected chi connectivity index (χ0v) is 12.8. The molecule has 1 heterocycles. The van der Waals surface area contributed by atoms with Crippen LogP contribution in [0.1, 0.15) is 11.3 Å². The Bertz CT molecular complexity index is 804. The molecule has 1 aromatic carbocycles. The molecule has 0 aliphatic carbocycles. The second-order valence-electron chi connectivity index (χ2n) is 4.41. The van der Waals surface area contributed by atoms with Crippen LogP contribution in [0.4, 0.5) is 11.5 Å². The number of primary sulfonamides is 1. The summed E-state index contributed by atoms with van der Waals surface area (Å²) in [5.41, 5.74) is 7.54. The van der Waals surface area contributed by atoms with Gasteiger partial charge >= 0.3 is 0 Å². The lowest BCUT2D eigenvalue weighted by Gasteiger charge is -2.11. The van der Waals surface area contributed by atoms with Crippen LogP contribution in [0.3, 0.4) is 0 Å². The average Bonchev–Trinajstić information content (AvgIpc) is 2.37. The Morgan fingerprint density at radius 3 is 2.62 bits per heavy atom. The van der Waals surface area contributed by atoms with Gasteiger partial charge in [-0.25, -0.2) is 18.5 Å². The first-order chi connectivity index (χ1) is 9.77. The zero-order valence-electron chi connectivity index (χ0n) is 11.2. The molecule has 0 aliphatic rings. The first-order valence-electron chi connectivity index (χ1n) is 5.95. The van der Waals surface area contributed by atoms with E-state index >= 15 is 0 Å². The summed E-state index contributed by atoms with van der Waals surface area (Å²) in [6.07, 6.45) is 0. The summed E-state index contributed by atoms with van der Waals surface area (Å²) in [6, 6.07) is 9.67. The minimum Gasteiger partial charge on any atom is -0.389 e. The van der Waals surface area contributed by atoms with Crippen LogP contribution in [0.25, 0.3) is 0 Å². The molecule has 0 saturated carbocycles. The van der Waals surface area contributed by atoms with E-state index in [0.717, 1.165) is 5.69 Å². The van der Waals surface area contributed by atoms with E-state index in [1.54, 1.807) is 24.3 Å². The summed E-state index contributed by atoms with van der Waals surface area (Å²) < 4.78 is 22.7. The molecule has 0 amide bonds. The fraction of sp³-hybridized carbons (Fsp3) is 0.0769. The highest BCUT2D eigenvalue weighted by molar-refractivity contribution is 7.89. The molecule has 6 nitrogen and oxygen atoms in total. The number of aromatic nitrogens is 1. The molecule has 0 atom stereocenters. The number of sulfonamides is 1. The minimum absolute atomic E-state index is 0.0111. The topological polar surface area (TPSA) is 111 Å². The molecule has 2 rings (SSSR count). The number of aryl methyl sites for hydroxylation is 1. The van der Waals surface area contributed by atoms with E-state index in [2.05, 4.69) is 10.3 Å². The quantitative estimate of drug-likeness (QED) is 0.734. The maximum Gasteiger partial charge on any atom is 0.238 e. The van der Waals surface area contributed by atoms with Gasteiger partial charge in [-0.05, 0) is 37.3 Å². The van der Waals surface area contributed by atoms with Gasteiger partial charge in [0.2, 0.25) is 10.0 Å². The Hall–Kier alpha value is -2.03. The average molecular weight is 322 g/mol. The molecule has 1 aromatic heterocycles. The van der Waals surface area contributed by atoms with E-state index < -0.39 is 10.0 Å². The molecule has 21 heavy (non-hydrogen) atoms. The van der Waals surface area contributed by atoms with Gasteiger partial charge in [0.05, 0.1) is 10.5 Å². The maximum atomic E-state index is 11.4. The van der Waals surface area contributed by atoms with Crippen molar-refractivity contribution in [2.75, 3.05) is 5.32 Å². The number of nitrogens with two attached hydrogens (primary N) is 2. The Morgan fingerprint density at radius 1 is 1.29 bits per heavy atom. The number of hydrogen-bond donors (Lipinski definition) is 3. The smallest absolute Gasteiger partial charge is 0.238 e. The zero-order chi connectivity index (χ0) is 15.6. The summed E-state index contributed by atoms with van der Waals surface area (Å²) in [6.45, 7) is 1.83. The van der Waals surface area contributed by atoms with Crippen molar-refractivity contribution in [2.24, 2.45) is 10.9 Å². The van der Waals surface area contributed by atoms with Gasteiger partial charge in [0.1, 0.15) is 10.8 Å². The molecular weight excluding hydrogens is 308 g/mol. The van der Waals surface area contributed by atoms with Crippen LogP contribution in [-0.2, 0) is 10.0 Å². The van der Waals surface area contributed by atoms with Gasteiger partial charge in [-0.15, -0.1) is 0 Å². The number of benzene rings is 1. The number of rotatable bonds is 4. The van der Waals surface area contributed by atoms with E-state index in [-0.39, 0.29) is 9.88 Å². The van der Waals surface area contributed by atoms with E-state index in [1.807, 2.05) is 6.92 Å². The number of nitrogens with zero attached hydrogens (tertiary/aromatic N) is 1. The molecular formula is C13H14N4O2S2. The van der Waals surface area contributed by atoms with E-state index in [0.29, 0.717) is 17.1 Å². The second kappa shape index (κ2) is 5.76. The molecule has 0 fully saturated rings. The molecule has 0 bridgehead atoms. The van der Waals surface area contributed by atoms with Crippen molar-refractivity contribution >= 4 is 38.7 Å². The van der Waals surface area contributed by atoms with Gasteiger partial charge in [0.15, 0.2) is 0 Å². The molecule has 0 saturated heterocycles. The van der Waals surface area contributed by atoms with Gasteiger partial charge in [0.25, 0.3) is 0 Å². The van der Waals surface area contributed by atoms with Gasteiger partial charge in [-0.1, -0.05) is 18.3 Å². The molecule has 0 aliphatic heterocycles. The third kappa shape index (κ3) is 3.75. The summed E-state index contributed by atoms with van der Waals surface area (Å²) in [5.74, 6) is 0.467. The SMILES string of the molecule is Cc1ccc(C(N)=S)c(Nc2cccc(S(N)(=O)=O)c2)n1. The number of hydrogen-bond acceptors (Lipinski definition) is 5. The standard InChI is InChI=1S/C13H14N4O2S2/c1-8-5-6-11(12(14)20)13(16-8)17-9-3-2-4-10(7-9)21(15,18)19/h2-7H,1H3,(H2,14,20)(H,16,17)(H2,15,18,19). The molecule has 8 heteroatoms. The Morgan fingerprint density at radius 2 is 2.00 bits per heavy atom. The van der Waals surface area contributed by atoms with Crippen molar-refractivity contribution in [1.82, 2.24) is 4.98 Å². The van der Waals surface area contributed by atoms with Crippen LogP contribution in [0.15, 0.2) is 41.3 Å². The van der Waals surface area contributed by atoms with Crippen molar-refractivity contribution in [2.45, 2.75) is 11.8 Å². The van der Waals surface area contributed by atoms with Crippen LogP contribution in [-0.4, -0.2) is 18.4 Å². The van der Waals surface area contributed by atoms with Crippen LogP contribution in [0.5, 0.6) is 0 Å². The summed E-state index contributed by atoms with van der Waals surface area (Å²) in [4.78, 5) is 4.53. The summed E-state index contributed by atoms with van der Waals surface area (Å²) in [7, 11) is -3.76. The van der Waals surface area contributed by atoms with Crippen LogP contribution >= 0.6 is 12.2 Å². The third-order valence-electron chi connectivity index (χ3n) is 2.73. The number of thiocarbonyl (C=S) groups is 1. The van der Waals surface area contributed by atoms with Gasteiger partial charge in [-0.2, -0.15) is 0 Å². The largest absolute Gasteiger partial charge is 0.389 e. The molecule has 0 unspecified atom stereocenters. The molecule has 5 N–H and O–H groups in total. The van der Waals surface area contributed by atoms with E-state index in [1.165, 1.54) is 12.1 Å². The van der Waals surface area contributed by atoms with E-state index in [4.69, 9.17) is 23.1 Å². The van der Waals surface area contributed by atoms with Crippen molar-refractivity contribution < 1.29 is 8.42 Å². The van der Waals surface area contributed by atoms with Crippen LogP contribution < -0.4 is 16.2 Å². The lowest BCUT2D eigenvalue weighted by molar-refractivity contribution is 0.598. The van der Waals surface area contributed by atoms with Crippen LogP contribution in [0.2, 0.25) is 0 Å². The van der Waals surface area contributed by atoms with Crippen molar-refractivity contribution in [1.29, 1.82) is 0 Å². The van der Waals surface area contributed by atoms with Crippen LogP contribution in [0, 0.1) is 6.92 Å². The maximum absolute atomic E-state index is 11.4. The number of anilines is 2. The Labute approximate surface area is 128 Å². The predicted molar refractivity (Wildman–Crippen MR) is 86.0 cm³/mol. The molecule has 0 radical (unpaired) electrons. The highest BCUT2D eigenvalue weighted by Crippen LogP contribution is 2.21. The number of nitrogens with one attached hydrogen (secondary N) is 1. The summed E-state index contributed by atoms with van der Waals surface area (Å²) >= 11 is 4.98. The second-order valence-corrected chi connectivity index (χ2v) is 6.41. The first-order valence-corrected chi connectivity index (χ1v) is 7.90. The molecule has 2 aromatic rings. The lowest BCUT2D eigenvalue weighted by atomic mass is 10.2. The highest BCUT2D eigenvalue weighted by atomic mass is 32.2. The minimum atomic E-state index is -3.76. The van der Waals surface area contributed by atoms with E-state index in [9.17, 15) is 8.42 Å². The number of pyridine rings is 1. The Balaban J connectivity index is 2.43.